The first-order valence-corrected chi connectivity index (χ1v) is 4.29. The Kier molecular flexibility index (Phi) is 2.66. The van der Waals surface area contributed by atoms with Crippen molar-refractivity contribution in [2.45, 2.75) is 26.8 Å². The summed E-state index contributed by atoms with van der Waals surface area (Å²) in [5.74, 6) is -0.468. The van der Waals surface area contributed by atoms with Crippen LogP contribution in [0.3, 0.4) is 0 Å². The van der Waals surface area contributed by atoms with Crippen molar-refractivity contribution in [1.29, 1.82) is 0 Å². The maximum atomic E-state index is 13.2. The molecule has 1 aromatic rings. The Morgan fingerprint density at radius 2 is 2.08 bits per heavy atom. The van der Waals surface area contributed by atoms with Crippen LogP contribution in [-0.4, -0.2) is 4.98 Å². The van der Waals surface area contributed by atoms with Crippen LogP contribution in [0.2, 0.25) is 0 Å². The molecule has 0 saturated carbocycles. The van der Waals surface area contributed by atoms with Crippen LogP contribution in [0, 0.1) is 11.4 Å². The summed E-state index contributed by atoms with van der Waals surface area (Å²) in [5, 5.41) is 0. The van der Waals surface area contributed by atoms with Gasteiger partial charge < -0.3 is 5.73 Å². The van der Waals surface area contributed by atoms with Crippen molar-refractivity contribution >= 4 is 0 Å². The first kappa shape index (κ1) is 10.1. The summed E-state index contributed by atoms with van der Waals surface area (Å²) in [6.07, 6.45) is 1.42. The smallest absolute Gasteiger partial charge is 0.217 e. The lowest BCUT2D eigenvalue weighted by atomic mass is 9.83. The van der Waals surface area contributed by atoms with E-state index in [2.05, 4.69) is 4.98 Å². The molecule has 1 rings (SSSR count). The topological polar surface area (TPSA) is 38.9 Å². The average Bonchev–Trinajstić information content (AvgIpc) is 2.02. The average molecular weight is 182 g/mol. The van der Waals surface area contributed by atoms with Crippen LogP contribution in [0.25, 0.3) is 0 Å². The molecule has 0 fully saturated rings. The lowest BCUT2D eigenvalue weighted by molar-refractivity contribution is 0.317. The molecule has 0 aromatic carbocycles. The van der Waals surface area contributed by atoms with Gasteiger partial charge in [0, 0.05) is 17.8 Å². The van der Waals surface area contributed by atoms with Crippen molar-refractivity contribution in [2.75, 3.05) is 0 Å². The molecule has 1 heterocycles. The highest BCUT2D eigenvalue weighted by Gasteiger charge is 2.24. The van der Waals surface area contributed by atoms with Gasteiger partial charge in [-0.15, -0.1) is 0 Å². The maximum absolute atomic E-state index is 13.2. The molecule has 3 heteroatoms. The molecule has 0 saturated heterocycles. The molecule has 13 heavy (non-hydrogen) atoms. The minimum Gasteiger partial charge on any atom is -0.323 e. The lowest BCUT2D eigenvalue weighted by Crippen LogP contribution is -2.27. The number of aromatic nitrogens is 1. The van der Waals surface area contributed by atoms with Crippen molar-refractivity contribution < 1.29 is 4.39 Å². The van der Waals surface area contributed by atoms with Gasteiger partial charge in [-0.2, -0.15) is 4.39 Å². The quantitative estimate of drug-likeness (QED) is 0.676. The van der Waals surface area contributed by atoms with Crippen molar-refractivity contribution in [2.24, 2.45) is 11.1 Å². The Bertz CT molecular complexity index is 291. The standard InChI is InChI=1S/C10H15FN2/c1-10(2,3)8(12)7-5-4-6-13-9(7)11/h4-6,8H,12H2,1-3H3. The van der Waals surface area contributed by atoms with Crippen LogP contribution < -0.4 is 5.73 Å². The fourth-order valence-electron chi connectivity index (χ4n) is 1.10. The summed E-state index contributed by atoms with van der Waals surface area (Å²) in [5.41, 5.74) is 6.23. The fourth-order valence-corrected chi connectivity index (χ4v) is 1.10. The summed E-state index contributed by atoms with van der Waals surface area (Å²) in [6.45, 7) is 5.93. The van der Waals surface area contributed by atoms with Crippen LogP contribution in [0.5, 0.6) is 0 Å². The Labute approximate surface area is 78.0 Å². The van der Waals surface area contributed by atoms with Gasteiger partial charge in [-0.05, 0) is 11.5 Å². The zero-order valence-corrected chi connectivity index (χ0v) is 8.21. The molecular weight excluding hydrogens is 167 g/mol. The first-order chi connectivity index (χ1) is 5.93. The van der Waals surface area contributed by atoms with E-state index in [1.54, 1.807) is 12.1 Å². The molecule has 2 nitrogen and oxygen atoms in total. The van der Waals surface area contributed by atoms with Gasteiger partial charge in [0.2, 0.25) is 5.95 Å². The Morgan fingerprint density at radius 1 is 1.46 bits per heavy atom. The highest BCUT2D eigenvalue weighted by Crippen LogP contribution is 2.30. The molecule has 72 valence electrons. The second-order valence-corrected chi connectivity index (χ2v) is 4.23. The van der Waals surface area contributed by atoms with Crippen molar-refractivity contribution in [3.8, 4) is 0 Å². The van der Waals surface area contributed by atoms with Crippen LogP contribution in [0.1, 0.15) is 32.4 Å². The summed E-state index contributed by atoms with van der Waals surface area (Å²) in [7, 11) is 0. The summed E-state index contributed by atoms with van der Waals surface area (Å²) >= 11 is 0. The summed E-state index contributed by atoms with van der Waals surface area (Å²) < 4.78 is 13.2. The molecular formula is C10H15FN2. The third-order valence-corrected chi connectivity index (χ3v) is 2.06. The van der Waals surface area contributed by atoms with Gasteiger partial charge in [0.25, 0.3) is 0 Å². The predicted octanol–water partition coefficient (Wildman–Crippen LogP) is 2.27. The minimum absolute atomic E-state index is 0.149. The molecule has 0 aliphatic rings. The Hall–Kier alpha value is -0.960. The van der Waals surface area contributed by atoms with Crippen LogP contribution in [0.15, 0.2) is 18.3 Å². The second-order valence-electron chi connectivity index (χ2n) is 4.23. The number of hydrogen-bond acceptors (Lipinski definition) is 2. The Morgan fingerprint density at radius 3 is 2.54 bits per heavy atom. The van der Waals surface area contributed by atoms with Crippen molar-refractivity contribution in [1.82, 2.24) is 4.98 Å². The Balaban J connectivity index is 3.02. The fraction of sp³-hybridized carbons (Fsp3) is 0.500. The monoisotopic (exact) mass is 182 g/mol. The van der Waals surface area contributed by atoms with Crippen LogP contribution in [0.4, 0.5) is 4.39 Å². The number of pyridine rings is 1. The van der Waals surface area contributed by atoms with E-state index in [4.69, 9.17) is 5.73 Å². The highest BCUT2D eigenvalue weighted by molar-refractivity contribution is 5.17. The third-order valence-electron chi connectivity index (χ3n) is 2.06. The normalized spacial score (nSPS) is 14.2. The number of halogens is 1. The van der Waals surface area contributed by atoms with E-state index in [1.165, 1.54) is 6.20 Å². The van der Waals surface area contributed by atoms with E-state index in [9.17, 15) is 4.39 Å². The van der Waals surface area contributed by atoms with E-state index >= 15 is 0 Å². The largest absolute Gasteiger partial charge is 0.323 e. The molecule has 1 unspecified atom stereocenters. The summed E-state index contributed by atoms with van der Waals surface area (Å²) in [6, 6.07) is 3.06. The summed E-state index contributed by atoms with van der Waals surface area (Å²) in [4.78, 5) is 3.57. The molecule has 1 atom stereocenters. The number of hydrogen-bond donors (Lipinski definition) is 1. The molecule has 0 radical (unpaired) electrons. The number of nitrogens with two attached hydrogens (primary N) is 1. The molecule has 2 N–H and O–H groups in total. The van der Waals surface area contributed by atoms with Crippen LogP contribution in [-0.2, 0) is 0 Å². The molecule has 0 aliphatic carbocycles. The van der Waals surface area contributed by atoms with Gasteiger partial charge in [-0.25, -0.2) is 4.98 Å². The molecule has 0 bridgehead atoms. The van der Waals surface area contributed by atoms with Gasteiger partial charge in [-0.3, -0.25) is 0 Å². The number of nitrogens with zero attached hydrogens (tertiary/aromatic N) is 1. The molecule has 1 aromatic heterocycles. The van der Waals surface area contributed by atoms with E-state index in [0.29, 0.717) is 5.56 Å². The van der Waals surface area contributed by atoms with E-state index in [0.717, 1.165) is 0 Å². The second kappa shape index (κ2) is 3.42. The zero-order valence-electron chi connectivity index (χ0n) is 8.21. The SMILES string of the molecule is CC(C)(C)C(N)c1cccnc1F. The maximum Gasteiger partial charge on any atom is 0.217 e. The first-order valence-electron chi connectivity index (χ1n) is 4.29. The van der Waals surface area contributed by atoms with Gasteiger partial charge >= 0.3 is 0 Å². The van der Waals surface area contributed by atoms with Gasteiger partial charge in [0.1, 0.15) is 0 Å². The third kappa shape index (κ3) is 2.25. The zero-order chi connectivity index (χ0) is 10.1. The predicted molar refractivity (Wildman–Crippen MR) is 50.6 cm³/mol. The molecule has 0 amide bonds. The van der Waals surface area contributed by atoms with Gasteiger partial charge in [-0.1, -0.05) is 26.8 Å². The highest BCUT2D eigenvalue weighted by atomic mass is 19.1. The van der Waals surface area contributed by atoms with E-state index < -0.39 is 5.95 Å². The van der Waals surface area contributed by atoms with Gasteiger partial charge in [0.05, 0.1) is 0 Å². The van der Waals surface area contributed by atoms with Crippen molar-refractivity contribution in [3.63, 3.8) is 0 Å². The minimum atomic E-state index is -0.468. The van der Waals surface area contributed by atoms with Crippen LogP contribution >= 0.6 is 0 Å². The number of rotatable bonds is 1. The van der Waals surface area contributed by atoms with Gasteiger partial charge in [0.15, 0.2) is 0 Å². The molecule has 0 aliphatic heterocycles. The molecule has 0 spiro atoms. The van der Waals surface area contributed by atoms with Crippen molar-refractivity contribution in [3.05, 3.63) is 29.8 Å². The van der Waals surface area contributed by atoms with E-state index in [-0.39, 0.29) is 11.5 Å². The lowest BCUT2D eigenvalue weighted by Gasteiger charge is -2.27. The van der Waals surface area contributed by atoms with E-state index in [1.807, 2.05) is 20.8 Å².